The van der Waals surface area contributed by atoms with E-state index in [-0.39, 0.29) is 11.9 Å². The summed E-state index contributed by atoms with van der Waals surface area (Å²) < 4.78 is 19.2. The van der Waals surface area contributed by atoms with Crippen LogP contribution in [0.15, 0.2) is 48.5 Å². The molecule has 0 aliphatic heterocycles. The molecule has 1 unspecified atom stereocenters. The summed E-state index contributed by atoms with van der Waals surface area (Å²) in [5, 5.41) is 18.2. The Morgan fingerprint density at radius 1 is 1.11 bits per heavy atom. The monoisotopic (exact) mass is 484 g/mol. The third-order valence-electron chi connectivity index (χ3n) is 7.17. The predicted molar refractivity (Wildman–Crippen MR) is 138 cm³/mol. The summed E-state index contributed by atoms with van der Waals surface area (Å²) in [4.78, 5) is 13.2. The Hall–Kier alpha value is -2.28. The number of nitrogens with one attached hydrogen (secondary N) is 2. The Kier molecular flexibility index (Phi) is 10.7. The number of hydrogen-bond donors (Lipinski definition) is 3. The molecule has 2 aromatic carbocycles. The van der Waals surface area contributed by atoms with Gasteiger partial charge in [-0.25, -0.2) is 4.39 Å². The number of hydrogen-bond acceptors (Lipinski definition) is 4. The molecule has 192 valence electrons. The molecule has 0 radical (unpaired) electrons. The first-order valence-corrected chi connectivity index (χ1v) is 13.0. The van der Waals surface area contributed by atoms with Gasteiger partial charge in [0.25, 0.3) is 5.91 Å². The van der Waals surface area contributed by atoms with Crippen molar-refractivity contribution in [2.45, 2.75) is 69.4 Å². The highest BCUT2D eigenvalue weighted by Crippen LogP contribution is 2.35. The van der Waals surface area contributed by atoms with Crippen LogP contribution in [-0.4, -0.2) is 44.4 Å². The van der Waals surface area contributed by atoms with Gasteiger partial charge in [0.2, 0.25) is 0 Å². The number of methoxy groups -OCH3 is 1. The summed E-state index contributed by atoms with van der Waals surface area (Å²) >= 11 is 0. The first-order valence-electron chi connectivity index (χ1n) is 13.0. The van der Waals surface area contributed by atoms with Gasteiger partial charge in [0.05, 0.1) is 0 Å². The number of carbonyl (C=O) groups excluding carboxylic acids is 1. The summed E-state index contributed by atoms with van der Waals surface area (Å²) in [5.41, 5.74) is 0.168. The number of rotatable bonds is 13. The minimum absolute atomic E-state index is 0.0513. The van der Waals surface area contributed by atoms with Crippen molar-refractivity contribution in [1.82, 2.24) is 10.6 Å². The lowest BCUT2D eigenvalue weighted by Crippen LogP contribution is -2.42. The molecular formula is C29H41FN2O3. The Labute approximate surface area is 209 Å². The van der Waals surface area contributed by atoms with Crippen LogP contribution in [0.1, 0.15) is 79.3 Å². The van der Waals surface area contributed by atoms with Crippen LogP contribution in [-0.2, 0) is 10.3 Å². The van der Waals surface area contributed by atoms with Crippen molar-refractivity contribution in [3.63, 3.8) is 0 Å². The molecule has 1 aliphatic carbocycles. The minimum Gasteiger partial charge on any atom is -0.385 e. The van der Waals surface area contributed by atoms with Gasteiger partial charge in [0.1, 0.15) is 11.4 Å². The Balaban J connectivity index is 1.80. The van der Waals surface area contributed by atoms with Crippen LogP contribution < -0.4 is 10.6 Å². The molecule has 0 bridgehead atoms. The number of unbranched alkanes of at least 4 members (excludes halogenated alkanes) is 1. The lowest BCUT2D eigenvalue weighted by molar-refractivity contribution is 0.0647. The number of ether oxygens (including phenoxy) is 1. The first kappa shape index (κ1) is 27.3. The predicted octanol–water partition coefficient (Wildman–Crippen LogP) is 5.17. The van der Waals surface area contributed by atoms with E-state index in [0.717, 1.165) is 12.8 Å². The van der Waals surface area contributed by atoms with Crippen LogP contribution in [0, 0.1) is 11.7 Å². The van der Waals surface area contributed by atoms with E-state index in [9.17, 15) is 14.3 Å². The zero-order chi connectivity index (χ0) is 25.1. The highest BCUT2D eigenvalue weighted by atomic mass is 19.1. The molecule has 1 saturated carbocycles. The highest BCUT2D eigenvalue weighted by molar-refractivity contribution is 5.94. The molecule has 0 saturated heterocycles. The molecule has 5 nitrogen and oxygen atoms in total. The van der Waals surface area contributed by atoms with E-state index in [1.807, 2.05) is 13.1 Å². The second-order valence-corrected chi connectivity index (χ2v) is 9.87. The zero-order valence-electron chi connectivity index (χ0n) is 21.2. The summed E-state index contributed by atoms with van der Waals surface area (Å²) in [5.74, 6) is 0.104. The van der Waals surface area contributed by atoms with Crippen LogP contribution in [0.25, 0.3) is 0 Å². The van der Waals surface area contributed by atoms with Crippen molar-refractivity contribution in [2.75, 3.05) is 27.3 Å². The maximum Gasteiger partial charge on any atom is 0.251 e. The third kappa shape index (κ3) is 7.86. The lowest BCUT2D eigenvalue weighted by atomic mass is 9.81. The fourth-order valence-electron chi connectivity index (χ4n) is 5.28. The molecule has 35 heavy (non-hydrogen) atoms. The van der Waals surface area contributed by atoms with E-state index < -0.39 is 11.4 Å². The van der Waals surface area contributed by atoms with E-state index in [0.29, 0.717) is 48.6 Å². The average Bonchev–Trinajstić information content (AvgIpc) is 2.87. The summed E-state index contributed by atoms with van der Waals surface area (Å²) in [7, 11) is 3.56. The fraction of sp³-hybridized carbons (Fsp3) is 0.552. The molecule has 2 aromatic rings. The van der Waals surface area contributed by atoms with E-state index in [2.05, 4.69) is 10.6 Å². The topological polar surface area (TPSA) is 70.6 Å². The summed E-state index contributed by atoms with van der Waals surface area (Å²) in [6.45, 7) is 1.31. The third-order valence-corrected chi connectivity index (χ3v) is 7.17. The molecular weight excluding hydrogens is 443 g/mol. The van der Waals surface area contributed by atoms with Crippen molar-refractivity contribution >= 4 is 5.91 Å². The lowest BCUT2D eigenvalue weighted by Gasteiger charge is -2.30. The van der Waals surface area contributed by atoms with E-state index in [1.54, 1.807) is 37.4 Å². The average molecular weight is 485 g/mol. The van der Waals surface area contributed by atoms with Crippen LogP contribution in [0.2, 0.25) is 0 Å². The molecule has 1 aliphatic rings. The number of amides is 1. The van der Waals surface area contributed by atoms with Gasteiger partial charge in [-0.15, -0.1) is 0 Å². The maximum atomic E-state index is 14.1. The van der Waals surface area contributed by atoms with Gasteiger partial charge in [-0.2, -0.15) is 0 Å². The fourth-order valence-corrected chi connectivity index (χ4v) is 5.28. The zero-order valence-corrected chi connectivity index (χ0v) is 21.2. The normalized spacial score (nSPS) is 17.0. The van der Waals surface area contributed by atoms with Crippen LogP contribution in [0.5, 0.6) is 0 Å². The van der Waals surface area contributed by atoms with Gasteiger partial charge in [0, 0.05) is 31.9 Å². The quantitative estimate of drug-likeness (QED) is 0.343. The van der Waals surface area contributed by atoms with E-state index >= 15 is 0 Å². The van der Waals surface area contributed by atoms with Gasteiger partial charge in [-0.1, -0.05) is 56.4 Å². The van der Waals surface area contributed by atoms with Gasteiger partial charge in [-0.05, 0) is 74.0 Å². The standard InChI is InChI=1S/C29H41FN2O3/c1-31-21-27(18-22-10-4-3-5-11-22)32-28(33)23-12-8-13-24(19-23)29(34,16-6-7-17-35-2)25-14-9-15-26(30)20-25/h8-9,12-15,19-20,22,27,31,34H,3-7,10-11,16-18,21H2,1-2H3,(H,32,33)/t27-,29?/m0/s1. The Morgan fingerprint density at radius 3 is 2.51 bits per heavy atom. The number of likely N-dealkylation sites (N-methyl/N-ethyl adjacent to an activating group) is 1. The van der Waals surface area contributed by atoms with Crippen molar-refractivity contribution in [2.24, 2.45) is 5.92 Å². The van der Waals surface area contributed by atoms with Crippen LogP contribution in [0.4, 0.5) is 4.39 Å². The van der Waals surface area contributed by atoms with Crippen molar-refractivity contribution < 1.29 is 19.0 Å². The molecule has 1 fully saturated rings. The Morgan fingerprint density at radius 2 is 1.83 bits per heavy atom. The molecule has 0 aromatic heterocycles. The summed E-state index contributed by atoms with van der Waals surface area (Å²) in [6, 6.07) is 13.2. The largest absolute Gasteiger partial charge is 0.385 e. The van der Waals surface area contributed by atoms with Crippen molar-refractivity contribution in [3.8, 4) is 0 Å². The number of benzene rings is 2. The molecule has 3 N–H and O–H groups in total. The molecule has 0 heterocycles. The van der Waals surface area contributed by atoms with E-state index in [1.165, 1.54) is 44.2 Å². The minimum atomic E-state index is -1.40. The molecule has 0 spiro atoms. The molecule has 6 heteroatoms. The van der Waals surface area contributed by atoms with Gasteiger partial charge < -0.3 is 20.5 Å². The molecule has 1 amide bonds. The number of aliphatic hydroxyl groups is 1. The van der Waals surface area contributed by atoms with Crippen LogP contribution in [0.3, 0.4) is 0 Å². The van der Waals surface area contributed by atoms with Crippen molar-refractivity contribution in [1.29, 1.82) is 0 Å². The molecule has 3 rings (SSSR count). The SMILES string of the molecule is CNC[C@H](CC1CCCCC1)NC(=O)c1cccc(C(O)(CCCCOC)c2cccc(F)c2)c1. The smallest absolute Gasteiger partial charge is 0.251 e. The van der Waals surface area contributed by atoms with Gasteiger partial charge in [-0.3, -0.25) is 4.79 Å². The number of carbonyl (C=O) groups is 1. The summed E-state index contributed by atoms with van der Waals surface area (Å²) in [6.07, 6.45) is 9.17. The van der Waals surface area contributed by atoms with Gasteiger partial charge >= 0.3 is 0 Å². The second kappa shape index (κ2) is 13.7. The maximum absolute atomic E-state index is 14.1. The van der Waals surface area contributed by atoms with E-state index in [4.69, 9.17) is 4.74 Å². The van der Waals surface area contributed by atoms with Crippen LogP contribution >= 0.6 is 0 Å². The van der Waals surface area contributed by atoms with Gasteiger partial charge in [0.15, 0.2) is 0 Å². The number of halogens is 1. The Bertz CT molecular complexity index is 932. The molecule has 2 atom stereocenters. The first-order chi connectivity index (χ1) is 17.0. The highest BCUT2D eigenvalue weighted by Gasteiger charge is 2.32. The van der Waals surface area contributed by atoms with Crippen molar-refractivity contribution in [3.05, 3.63) is 71.0 Å². The second-order valence-electron chi connectivity index (χ2n) is 9.87.